The highest BCUT2D eigenvalue weighted by Crippen LogP contribution is 2.42. The van der Waals surface area contributed by atoms with E-state index in [0.717, 1.165) is 16.7 Å². The first-order valence-corrected chi connectivity index (χ1v) is 10.4. The van der Waals surface area contributed by atoms with Crippen LogP contribution in [0.25, 0.3) is 11.0 Å². The van der Waals surface area contributed by atoms with Crippen molar-refractivity contribution in [3.63, 3.8) is 0 Å². The molecule has 0 saturated carbocycles. The van der Waals surface area contributed by atoms with Crippen LogP contribution >= 0.6 is 15.9 Å². The predicted octanol–water partition coefficient (Wildman–Crippen LogP) is 6.17. The second-order valence-electron chi connectivity index (χ2n) is 7.04. The van der Waals surface area contributed by atoms with Crippen LogP contribution in [0.3, 0.4) is 0 Å². The van der Waals surface area contributed by atoms with Gasteiger partial charge in [-0.1, -0.05) is 91.0 Å². The number of fused-ring (bicyclic) bond motifs is 1. The standard InChI is InChI=1S/C25H17BrFN3/c26-23-22-16-21(27)17-28-24(22)30(29-23)25(18-10-4-1-5-11-18,19-12-6-2-7-13-19)20-14-8-3-9-15-20/h1-17H. The topological polar surface area (TPSA) is 30.7 Å². The lowest BCUT2D eigenvalue weighted by molar-refractivity contribution is 0.470. The van der Waals surface area contributed by atoms with Crippen LogP contribution in [0.5, 0.6) is 0 Å². The van der Waals surface area contributed by atoms with Crippen molar-refractivity contribution in [2.24, 2.45) is 0 Å². The lowest BCUT2D eigenvalue weighted by Crippen LogP contribution is -2.38. The molecule has 30 heavy (non-hydrogen) atoms. The monoisotopic (exact) mass is 457 g/mol. The molecule has 0 unspecified atom stereocenters. The smallest absolute Gasteiger partial charge is 0.160 e. The van der Waals surface area contributed by atoms with Crippen LogP contribution < -0.4 is 0 Å². The lowest BCUT2D eigenvalue weighted by atomic mass is 9.77. The SMILES string of the molecule is Fc1cnc2c(c1)c(Br)nn2C(c1ccccc1)(c1ccccc1)c1ccccc1. The van der Waals surface area contributed by atoms with Gasteiger partial charge >= 0.3 is 0 Å². The molecule has 146 valence electrons. The number of halogens is 2. The molecule has 0 spiro atoms. The third-order valence-electron chi connectivity index (χ3n) is 5.34. The van der Waals surface area contributed by atoms with Crippen LogP contribution in [0.15, 0.2) is 108 Å². The van der Waals surface area contributed by atoms with E-state index in [-0.39, 0.29) is 0 Å². The average molecular weight is 458 g/mol. The summed E-state index contributed by atoms with van der Waals surface area (Å²) in [7, 11) is 0. The van der Waals surface area contributed by atoms with E-state index in [4.69, 9.17) is 5.10 Å². The minimum Gasteiger partial charge on any atom is -0.234 e. The molecule has 0 amide bonds. The van der Waals surface area contributed by atoms with Gasteiger partial charge in [0.05, 0.1) is 11.6 Å². The number of benzene rings is 3. The van der Waals surface area contributed by atoms with Gasteiger partial charge in [-0.05, 0) is 38.7 Å². The number of pyridine rings is 1. The lowest BCUT2D eigenvalue weighted by Gasteiger charge is -2.36. The molecule has 0 saturated heterocycles. The molecule has 3 nitrogen and oxygen atoms in total. The van der Waals surface area contributed by atoms with E-state index in [1.165, 1.54) is 12.3 Å². The second kappa shape index (κ2) is 7.50. The molecular formula is C25H17BrFN3. The molecule has 5 heteroatoms. The predicted molar refractivity (Wildman–Crippen MR) is 120 cm³/mol. The molecular weight excluding hydrogens is 441 g/mol. The van der Waals surface area contributed by atoms with Crippen molar-refractivity contribution in [1.82, 2.24) is 14.8 Å². The van der Waals surface area contributed by atoms with Crippen molar-refractivity contribution in [1.29, 1.82) is 0 Å². The van der Waals surface area contributed by atoms with Crippen LogP contribution in [-0.2, 0) is 5.54 Å². The molecule has 0 bridgehead atoms. The summed E-state index contributed by atoms with van der Waals surface area (Å²) in [5.41, 5.74) is 2.90. The molecule has 0 radical (unpaired) electrons. The Hall–Kier alpha value is -3.31. The Morgan fingerprint density at radius 2 is 1.20 bits per heavy atom. The van der Waals surface area contributed by atoms with Gasteiger partial charge < -0.3 is 0 Å². The van der Waals surface area contributed by atoms with Crippen molar-refractivity contribution < 1.29 is 4.39 Å². The number of aromatic nitrogens is 3. The number of hydrogen-bond donors (Lipinski definition) is 0. The molecule has 0 atom stereocenters. The van der Waals surface area contributed by atoms with Gasteiger partial charge in [-0.15, -0.1) is 0 Å². The zero-order valence-corrected chi connectivity index (χ0v) is 17.5. The van der Waals surface area contributed by atoms with Crippen LogP contribution in [0.2, 0.25) is 0 Å². The minimum absolute atomic E-state index is 0.396. The summed E-state index contributed by atoms with van der Waals surface area (Å²) in [6.45, 7) is 0. The van der Waals surface area contributed by atoms with E-state index < -0.39 is 11.4 Å². The number of hydrogen-bond acceptors (Lipinski definition) is 2. The molecule has 5 rings (SSSR count). The van der Waals surface area contributed by atoms with Crippen LogP contribution in [0.4, 0.5) is 4.39 Å². The average Bonchev–Trinajstić information content (AvgIpc) is 3.12. The highest BCUT2D eigenvalue weighted by atomic mass is 79.9. The zero-order chi connectivity index (χ0) is 20.6. The molecule has 2 heterocycles. The van der Waals surface area contributed by atoms with Gasteiger partial charge in [-0.2, -0.15) is 5.10 Å². The first-order chi connectivity index (χ1) is 14.7. The van der Waals surface area contributed by atoms with E-state index in [0.29, 0.717) is 15.6 Å². The third-order valence-corrected chi connectivity index (χ3v) is 5.92. The van der Waals surface area contributed by atoms with Crippen molar-refractivity contribution >= 4 is 27.0 Å². The van der Waals surface area contributed by atoms with Gasteiger partial charge in [0, 0.05) is 0 Å². The zero-order valence-electron chi connectivity index (χ0n) is 15.9. The molecule has 0 aliphatic heterocycles. The summed E-state index contributed by atoms with van der Waals surface area (Å²) < 4.78 is 16.4. The van der Waals surface area contributed by atoms with E-state index >= 15 is 0 Å². The molecule has 0 N–H and O–H groups in total. The fraction of sp³-hybridized carbons (Fsp3) is 0.0400. The van der Waals surface area contributed by atoms with Gasteiger partial charge in [-0.3, -0.25) is 0 Å². The number of nitrogens with zero attached hydrogens (tertiary/aromatic N) is 3. The van der Waals surface area contributed by atoms with Gasteiger partial charge in [0.25, 0.3) is 0 Å². The maximum Gasteiger partial charge on any atom is 0.160 e. The van der Waals surface area contributed by atoms with Crippen LogP contribution in [-0.4, -0.2) is 14.8 Å². The Kier molecular flexibility index (Phi) is 4.68. The summed E-state index contributed by atoms with van der Waals surface area (Å²) in [6, 6.07) is 32.1. The fourth-order valence-corrected chi connectivity index (χ4v) is 4.53. The molecule has 0 aliphatic carbocycles. The van der Waals surface area contributed by atoms with E-state index in [1.54, 1.807) is 0 Å². The Morgan fingerprint density at radius 1 is 0.733 bits per heavy atom. The van der Waals surface area contributed by atoms with E-state index in [1.807, 2.05) is 59.3 Å². The fourth-order valence-electron chi connectivity index (χ4n) is 4.08. The Bertz CT molecular complexity index is 1210. The first-order valence-electron chi connectivity index (χ1n) is 9.58. The van der Waals surface area contributed by atoms with Gasteiger partial charge in [0.1, 0.15) is 16.0 Å². The Balaban J connectivity index is 1.98. The summed E-state index contributed by atoms with van der Waals surface area (Å²) in [5, 5.41) is 5.46. The molecule has 2 aromatic heterocycles. The largest absolute Gasteiger partial charge is 0.234 e. The summed E-state index contributed by atoms with van der Waals surface area (Å²) in [5.74, 6) is -0.396. The first kappa shape index (κ1) is 18.7. The Labute approximate surface area is 182 Å². The quantitative estimate of drug-likeness (QED) is 0.302. The van der Waals surface area contributed by atoms with Gasteiger partial charge in [0.15, 0.2) is 5.65 Å². The van der Waals surface area contributed by atoms with Crippen LogP contribution in [0.1, 0.15) is 16.7 Å². The second-order valence-corrected chi connectivity index (χ2v) is 7.79. The number of rotatable bonds is 4. The van der Waals surface area contributed by atoms with Crippen molar-refractivity contribution in [2.45, 2.75) is 5.54 Å². The molecule has 0 aliphatic rings. The molecule has 5 aromatic rings. The maximum atomic E-state index is 14.0. The van der Waals surface area contributed by atoms with E-state index in [2.05, 4.69) is 57.3 Å². The van der Waals surface area contributed by atoms with Crippen LogP contribution in [0, 0.1) is 5.82 Å². The molecule has 0 fully saturated rings. The van der Waals surface area contributed by atoms with Crippen molar-refractivity contribution in [2.75, 3.05) is 0 Å². The maximum absolute atomic E-state index is 14.0. The highest BCUT2D eigenvalue weighted by molar-refractivity contribution is 9.10. The van der Waals surface area contributed by atoms with Gasteiger partial charge in [-0.25, -0.2) is 14.1 Å². The third kappa shape index (κ3) is 2.85. The van der Waals surface area contributed by atoms with Crippen molar-refractivity contribution in [3.8, 4) is 0 Å². The minimum atomic E-state index is -0.793. The summed E-state index contributed by atoms with van der Waals surface area (Å²) >= 11 is 3.52. The van der Waals surface area contributed by atoms with Gasteiger partial charge in [0.2, 0.25) is 0 Å². The summed E-state index contributed by atoms with van der Waals surface area (Å²) in [6.07, 6.45) is 1.23. The van der Waals surface area contributed by atoms with E-state index in [9.17, 15) is 4.39 Å². The molecule has 3 aromatic carbocycles. The Morgan fingerprint density at radius 3 is 1.67 bits per heavy atom. The normalized spacial score (nSPS) is 11.7. The highest BCUT2D eigenvalue weighted by Gasteiger charge is 2.41. The summed E-state index contributed by atoms with van der Waals surface area (Å²) in [4.78, 5) is 4.44. The van der Waals surface area contributed by atoms with Crippen molar-refractivity contribution in [3.05, 3.63) is 130 Å².